The molecule has 0 aromatic heterocycles. The lowest BCUT2D eigenvalue weighted by Crippen LogP contribution is -1.86. The van der Waals surface area contributed by atoms with Gasteiger partial charge in [0.15, 0.2) is 0 Å². The third-order valence-corrected chi connectivity index (χ3v) is 2.39. The molecular formula is C16H38. The molecule has 0 rings (SSSR count). The maximum Gasteiger partial charge on any atom is -0.0471 e. The second-order valence-electron chi connectivity index (χ2n) is 4.60. The summed E-state index contributed by atoms with van der Waals surface area (Å²) in [6.45, 7) is 15.2. The van der Waals surface area contributed by atoms with E-state index in [1.54, 1.807) is 0 Å². The quantitative estimate of drug-likeness (QED) is 0.420. The minimum Gasteiger partial charge on any atom is -0.0683 e. The van der Waals surface area contributed by atoms with Gasteiger partial charge in [0.1, 0.15) is 0 Å². The summed E-state index contributed by atoms with van der Waals surface area (Å²) in [5.74, 6) is 0.904. The second-order valence-corrected chi connectivity index (χ2v) is 4.60. The summed E-state index contributed by atoms with van der Waals surface area (Å²) in [6.07, 6.45) is 11.2. The van der Waals surface area contributed by atoms with Crippen molar-refractivity contribution in [3.8, 4) is 0 Å². The van der Waals surface area contributed by atoms with Crippen molar-refractivity contribution in [2.75, 3.05) is 0 Å². The van der Waals surface area contributed by atoms with Crippen LogP contribution in [0.4, 0.5) is 0 Å². The summed E-state index contributed by atoms with van der Waals surface area (Å²) in [5.41, 5.74) is 0. The summed E-state index contributed by atoms with van der Waals surface area (Å²) in [5, 5.41) is 0. The van der Waals surface area contributed by atoms with E-state index in [-0.39, 0.29) is 0 Å². The molecule has 0 aliphatic carbocycles. The molecule has 0 radical (unpaired) electrons. The molecule has 0 aromatic rings. The van der Waals surface area contributed by atoms with Gasteiger partial charge < -0.3 is 0 Å². The zero-order chi connectivity index (χ0) is 13.2. The molecule has 0 aromatic carbocycles. The molecule has 0 fully saturated rings. The number of hydrogen-bond donors (Lipinski definition) is 0. The van der Waals surface area contributed by atoms with E-state index in [2.05, 4.69) is 34.6 Å². The van der Waals surface area contributed by atoms with E-state index in [1.807, 2.05) is 13.8 Å². The van der Waals surface area contributed by atoms with E-state index in [0.29, 0.717) is 0 Å². The molecule has 0 aliphatic rings. The van der Waals surface area contributed by atoms with Gasteiger partial charge in [-0.25, -0.2) is 0 Å². The van der Waals surface area contributed by atoms with Crippen molar-refractivity contribution < 1.29 is 0 Å². The Balaban J connectivity index is -0.000000237. The highest BCUT2D eigenvalue weighted by molar-refractivity contribution is 4.46. The third-order valence-electron chi connectivity index (χ3n) is 2.39. The molecule has 102 valence electrons. The van der Waals surface area contributed by atoms with Crippen LogP contribution in [0.25, 0.3) is 0 Å². The van der Waals surface area contributed by atoms with Crippen molar-refractivity contribution in [1.82, 2.24) is 0 Å². The molecule has 0 heterocycles. The molecule has 0 N–H and O–H groups in total. The molecule has 0 saturated carbocycles. The molecule has 0 unspecified atom stereocenters. The maximum atomic E-state index is 2.31. The summed E-state index contributed by atoms with van der Waals surface area (Å²) in [4.78, 5) is 0. The van der Waals surface area contributed by atoms with Crippen LogP contribution in [0.15, 0.2) is 0 Å². The van der Waals surface area contributed by atoms with Crippen molar-refractivity contribution >= 4 is 0 Å². The Kier molecular flexibility index (Phi) is 32.3. The number of unbranched alkanes of at least 4 members (excludes halogenated alkanes) is 5. The van der Waals surface area contributed by atoms with Gasteiger partial charge in [-0.15, -0.1) is 0 Å². The Labute approximate surface area is 106 Å². The van der Waals surface area contributed by atoms with Crippen LogP contribution >= 0.6 is 0 Å². The zero-order valence-electron chi connectivity index (χ0n) is 13.2. The fourth-order valence-corrected chi connectivity index (χ4v) is 1.16. The Morgan fingerprint density at radius 3 is 1.38 bits per heavy atom. The van der Waals surface area contributed by atoms with Crippen molar-refractivity contribution in [3.05, 3.63) is 0 Å². The first-order valence-electron chi connectivity index (χ1n) is 7.68. The van der Waals surface area contributed by atoms with Crippen molar-refractivity contribution in [2.45, 2.75) is 99.8 Å². The predicted molar refractivity (Wildman–Crippen MR) is 80.1 cm³/mol. The molecule has 0 atom stereocenters. The molecule has 0 amide bonds. The molecule has 0 aliphatic heterocycles. The average Bonchev–Trinajstić information content (AvgIpc) is 2.31. The highest BCUT2D eigenvalue weighted by Gasteiger charge is 1.92. The maximum absolute atomic E-state index is 2.31. The summed E-state index contributed by atoms with van der Waals surface area (Å²) in [6, 6.07) is 0. The standard InChI is InChI=1S/C10H22.C4H10.C2H6/c1-4-5-6-7-8-9-10(2)3;1-3-4-2;1-2/h10H,4-9H2,1-3H3;3-4H2,1-2H3;1-2H3. The minimum absolute atomic E-state index is 0.904. The van der Waals surface area contributed by atoms with Crippen molar-refractivity contribution in [2.24, 2.45) is 5.92 Å². The molecule has 0 nitrogen and oxygen atoms in total. The summed E-state index contributed by atoms with van der Waals surface area (Å²) < 4.78 is 0. The van der Waals surface area contributed by atoms with Crippen LogP contribution in [0.3, 0.4) is 0 Å². The summed E-state index contributed by atoms with van der Waals surface area (Å²) in [7, 11) is 0. The Morgan fingerprint density at radius 1 is 0.625 bits per heavy atom. The summed E-state index contributed by atoms with van der Waals surface area (Å²) >= 11 is 0. The monoisotopic (exact) mass is 230 g/mol. The predicted octanol–water partition coefficient (Wildman–Crippen LogP) is 6.84. The molecule has 0 spiro atoms. The van der Waals surface area contributed by atoms with Crippen LogP contribution in [0.5, 0.6) is 0 Å². The highest BCUT2D eigenvalue weighted by atomic mass is 14.0. The van der Waals surface area contributed by atoms with Gasteiger partial charge in [-0.2, -0.15) is 0 Å². The zero-order valence-corrected chi connectivity index (χ0v) is 13.2. The lowest BCUT2D eigenvalue weighted by Gasteiger charge is -2.02. The van der Waals surface area contributed by atoms with Crippen LogP contribution in [-0.4, -0.2) is 0 Å². The van der Waals surface area contributed by atoms with Gasteiger partial charge in [0, 0.05) is 0 Å². The van der Waals surface area contributed by atoms with E-state index in [9.17, 15) is 0 Å². The first kappa shape index (κ1) is 21.3. The number of rotatable bonds is 7. The Hall–Kier alpha value is 0. The topological polar surface area (TPSA) is 0 Å². The van der Waals surface area contributed by atoms with Crippen LogP contribution in [0, 0.1) is 5.92 Å². The lowest BCUT2D eigenvalue weighted by atomic mass is 10.0. The van der Waals surface area contributed by atoms with Gasteiger partial charge in [0.05, 0.1) is 0 Å². The van der Waals surface area contributed by atoms with E-state index < -0.39 is 0 Å². The van der Waals surface area contributed by atoms with E-state index in [1.165, 1.54) is 51.4 Å². The molecular weight excluding hydrogens is 192 g/mol. The smallest absolute Gasteiger partial charge is 0.0471 e. The largest absolute Gasteiger partial charge is 0.0683 e. The van der Waals surface area contributed by atoms with Gasteiger partial charge in [-0.3, -0.25) is 0 Å². The van der Waals surface area contributed by atoms with Gasteiger partial charge in [0.2, 0.25) is 0 Å². The number of hydrogen-bond acceptors (Lipinski definition) is 0. The third kappa shape index (κ3) is 37.0. The second kappa shape index (κ2) is 24.3. The van der Waals surface area contributed by atoms with Crippen LogP contribution in [0.1, 0.15) is 99.8 Å². The van der Waals surface area contributed by atoms with Crippen molar-refractivity contribution in [1.29, 1.82) is 0 Å². The molecule has 16 heavy (non-hydrogen) atoms. The van der Waals surface area contributed by atoms with Crippen LogP contribution < -0.4 is 0 Å². The van der Waals surface area contributed by atoms with Crippen molar-refractivity contribution in [3.63, 3.8) is 0 Å². The Bertz CT molecular complexity index is 72.1. The fraction of sp³-hybridized carbons (Fsp3) is 1.00. The van der Waals surface area contributed by atoms with E-state index in [0.717, 1.165) is 5.92 Å². The minimum atomic E-state index is 0.904. The first-order chi connectivity index (χ1) is 7.68. The van der Waals surface area contributed by atoms with Crippen LogP contribution in [-0.2, 0) is 0 Å². The van der Waals surface area contributed by atoms with Gasteiger partial charge in [-0.05, 0) is 5.92 Å². The Morgan fingerprint density at radius 2 is 1.06 bits per heavy atom. The van der Waals surface area contributed by atoms with Crippen LogP contribution in [0.2, 0.25) is 0 Å². The van der Waals surface area contributed by atoms with E-state index in [4.69, 9.17) is 0 Å². The van der Waals surface area contributed by atoms with Gasteiger partial charge in [-0.1, -0.05) is 99.8 Å². The van der Waals surface area contributed by atoms with Gasteiger partial charge >= 0.3 is 0 Å². The molecule has 0 heteroatoms. The molecule has 0 saturated heterocycles. The fourth-order valence-electron chi connectivity index (χ4n) is 1.16. The van der Waals surface area contributed by atoms with E-state index >= 15 is 0 Å². The highest BCUT2D eigenvalue weighted by Crippen LogP contribution is 2.09. The lowest BCUT2D eigenvalue weighted by molar-refractivity contribution is 0.518. The van der Waals surface area contributed by atoms with Gasteiger partial charge in [0.25, 0.3) is 0 Å². The normalized spacial score (nSPS) is 9.00. The first-order valence-corrected chi connectivity index (χ1v) is 7.68. The average molecular weight is 230 g/mol. The molecule has 0 bridgehead atoms. The SMILES string of the molecule is CC.CCCC.CCCCCCCC(C)C.